The number of pyridine rings is 6. The van der Waals surface area contributed by atoms with E-state index >= 15 is 0 Å². The Hall–Kier alpha value is -18.2. The molecule has 7 heterocycles. The lowest BCUT2D eigenvalue weighted by Gasteiger charge is -2.15. The summed E-state index contributed by atoms with van der Waals surface area (Å²) in [5.74, 6) is 0.707. The fourth-order valence-corrected chi connectivity index (χ4v) is 19.3. The topological polar surface area (TPSA) is 103 Å². The van der Waals surface area contributed by atoms with Gasteiger partial charge in [-0.3, -0.25) is 9.97 Å². The molecule has 136 heavy (non-hydrogen) atoms. The Morgan fingerprint density at radius 2 is 0.397 bits per heavy atom. The molecule has 0 aliphatic carbocycles. The minimum atomic E-state index is 0.707. The summed E-state index contributed by atoms with van der Waals surface area (Å²) in [5.41, 5.74) is 32.9. The van der Waals surface area contributed by atoms with Gasteiger partial charge in [0.1, 0.15) is 0 Å². The van der Waals surface area contributed by atoms with Crippen molar-refractivity contribution < 1.29 is 0 Å². The van der Waals surface area contributed by atoms with E-state index in [1.165, 1.54) is 93.3 Å². The van der Waals surface area contributed by atoms with E-state index in [-0.39, 0.29) is 0 Å². The SMILES string of the molecule is c1cc(-c2ccc(-c3ccc4ccc5cccnc5c4n3)c3ccccc23)cc(-c2cc3ccccc3c3ccccc23)c1.c1ccc(-c2cc(-c3cccc(-c4ccc(-c5ccc6ccc7cccnc7c6n5)c5ccccc45)c3)nc(-c3ccccc3)n2)cc1.c1ccc(-c2cc(-c3ccccc3)cc(-c3ccc(-c4ccc5ccc6ccc(-c7ccccc7)nc6c5n4)cc3)c2)cc1. The molecule has 0 saturated heterocycles. The van der Waals surface area contributed by atoms with Gasteiger partial charge in [-0.1, -0.05) is 406 Å². The summed E-state index contributed by atoms with van der Waals surface area (Å²) in [4.78, 5) is 39.9. The van der Waals surface area contributed by atoms with Crippen LogP contribution in [-0.2, 0) is 0 Å². The first-order valence-corrected chi connectivity index (χ1v) is 46.0. The van der Waals surface area contributed by atoms with Gasteiger partial charge in [-0.15, -0.1) is 0 Å². The van der Waals surface area contributed by atoms with Crippen LogP contribution in [0.3, 0.4) is 0 Å². The van der Waals surface area contributed by atoms with Gasteiger partial charge in [-0.2, -0.15) is 0 Å². The second-order valence-corrected chi connectivity index (χ2v) is 34.4. The van der Waals surface area contributed by atoms with Crippen molar-refractivity contribution in [2.24, 2.45) is 0 Å². The van der Waals surface area contributed by atoms with Gasteiger partial charge in [0.2, 0.25) is 0 Å². The largest absolute Gasteiger partial charge is 0.254 e. The standard InChI is InChI=1S/C44H28N4.C42H26N2.C42H28N2/c1-3-11-29(12-4-1)40-28-41(48-44(47-40)32-13-5-2-6-14-32)34-16-9-15-33(27-34)35-23-24-38(37-19-8-7-18-36(35)37)39-25-22-31-21-20-30-17-10-26-45-42(30)43(31)46-39;1-2-13-32-31(9-1)26-39(37-17-6-4-14-34(32)37)30-11-7-10-29(25-30)33-21-22-38(36-16-5-3-15-35(33)36)40-23-20-28-19-18-27-12-8-24-43-41(27)42(28)44-40;1-4-10-29(11-5-1)36-26-37(30-12-6-2-7-13-30)28-38(27-36)31-16-18-33(19-17-31)40-25-23-35-21-20-34-22-24-39(32-14-8-3-9-15-32)43-41(34)42(35)44-40/h1-28H;1-26H;1-28H. The highest BCUT2D eigenvalue weighted by Crippen LogP contribution is 2.44. The third-order valence-electron chi connectivity index (χ3n) is 26.1. The summed E-state index contributed by atoms with van der Waals surface area (Å²) in [5, 5.41) is 16.4. The maximum absolute atomic E-state index is 5.17. The molecule has 19 aromatic carbocycles. The van der Waals surface area contributed by atoms with Gasteiger partial charge < -0.3 is 0 Å². The van der Waals surface area contributed by atoms with Crippen LogP contribution in [-0.4, -0.2) is 39.9 Å². The zero-order chi connectivity index (χ0) is 90.2. The maximum Gasteiger partial charge on any atom is 0.160 e. The van der Waals surface area contributed by atoms with Crippen molar-refractivity contribution in [2.75, 3.05) is 0 Å². The predicted molar refractivity (Wildman–Crippen MR) is 567 cm³/mol. The van der Waals surface area contributed by atoms with Crippen molar-refractivity contribution in [1.29, 1.82) is 0 Å². The Kier molecular flexibility index (Phi) is 21.2. The molecule has 0 bridgehead atoms. The normalized spacial score (nSPS) is 11.4. The molecule has 634 valence electrons. The molecule has 26 aromatic rings. The zero-order valence-corrected chi connectivity index (χ0v) is 73.9. The quantitative estimate of drug-likeness (QED) is 0.105. The fourth-order valence-electron chi connectivity index (χ4n) is 19.3. The Balaban J connectivity index is 0.000000112. The van der Waals surface area contributed by atoms with E-state index in [1.54, 1.807) is 0 Å². The van der Waals surface area contributed by atoms with E-state index < -0.39 is 0 Å². The molecule has 8 nitrogen and oxygen atoms in total. The Bertz CT molecular complexity index is 8980. The van der Waals surface area contributed by atoms with E-state index in [0.717, 1.165) is 155 Å². The lowest BCUT2D eigenvalue weighted by Crippen LogP contribution is -1.96. The first-order chi connectivity index (χ1) is 67.4. The van der Waals surface area contributed by atoms with Crippen LogP contribution in [0.15, 0.2) is 498 Å². The van der Waals surface area contributed by atoms with Gasteiger partial charge in [0.05, 0.1) is 67.3 Å². The smallest absolute Gasteiger partial charge is 0.160 e. The molecule has 0 saturated carbocycles. The van der Waals surface area contributed by atoms with Gasteiger partial charge >= 0.3 is 0 Å². The van der Waals surface area contributed by atoms with Crippen molar-refractivity contribution in [3.8, 4) is 146 Å². The van der Waals surface area contributed by atoms with Gasteiger partial charge in [0.15, 0.2) is 5.82 Å². The molecule has 0 unspecified atom stereocenters. The van der Waals surface area contributed by atoms with Crippen LogP contribution in [0.2, 0.25) is 0 Å². The molecule has 0 amide bonds. The van der Waals surface area contributed by atoms with Gasteiger partial charge in [0, 0.05) is 83.7 Å². The van der Waals surface area contributed by atoms with E-state index in [1.807, 2.05) is 79.1 Å². The molecule has 0 atom stereocenters. The van der Waals surface area contributed by atoms with Crippen LogP contribution >= 0.6 is 0 Å². The van der Waals surface area contributed by atoms with Crippen molar-refractivity contribution in [1.82, 2.24) is 39.9 Å². The average Bonchev–Trinajstić information content (AvgIpc) is 0.783. The number of hydrogen-bond donors (Lipinski definition) is 0. The summed E-state index contributed by atoms with van der Waals surface area (Å²) in [6.45, 7) is 0. The van der Waals surface area contributed by atoms with Crippen LogP contribution in [0.5, 0.6) is 0 Å². The number of hydrogen-bond acceptors (Lipinski definition) is 8. The van der Waals surface area contributed by atoms with Crippen LogP contribution in [0.25, 0.3) is 254 Å². The third kappa shape index (κ3) is 15.8. The highest BCUT2D eigenvalue weighted by molar-refractivity contribution is 6.15. The first-order valence-electron chi connectivity index (χ1n) is 46.0. The monoisotopic (exact) mass is 1730 g/mol. The second-order valence-electron chi connectivity index (χ2n) is 34.4. The Morgan fingerprint density at radius 1 is 0.118 bits per heavy atom. The molecule has 7 aromatic heterocycles. The number of nitrogens with zero attached hydrogens (tertiary/aromatic N) is 8. The molecular formula is C128H82N8. The molecule has 0 aliphatic rings. The third-order valence-corrected chi connectivity index (χ3v) is 26.1. The highest BCUT2D eigenvalue weighted by Gasteiger charge is 2.21. The molecule has 0 spiro atoms. The minimum Gasteiger partial charge on any atom is -0.254 e. The minimum absolute atomic E-state index is 0.707. The number of fused-ring (bicyclic) bond motifs is 14. The second kappa shape index (κ2) is 35.6. The van der Waals surface area contributed by atoms with Crippen molar-refractivity contribution in [3.63, 3.8) is 0 Å². The Labute approximate surface area is 786 Å². The van der Waals surface area contributed by atoms with Crippen LogP contribution < -0.4 is 0 Å². The summed E-state index contributed by atoms with van der Waals surface area (Å²) in [6, 6.07) is 171. The molecule has 0 radical (unpaired) electrons. The number of benzene rings is 19. The first kappa shape index (κ1) is 81.0. The maximum atomic E-state index is 5.17. The molecule has 26 rings (SSSR count). The lowest BCUT2D eigenvalue weighted by molar-refractivity contribution is 1.18. The van der Waals surface area contributed by atoms with Crippen molar-refractivity contribution in [3.05, 3.63) is 498 Å². The molecule has 0 N–H and O–H groups in total. The summed E-state index contributed by atoms with van der Waals surface area (Å²) < 4.78 is 0. The Morgan fingerprint density at radius 3 is 0.860 bits per heavy atom. The van der Waals surface area contributed by atoms with Crippen LogP contribution in [0, 0.1) is 0 Å². The molecular weight excluding hydrogens is 1650 g/mol. The summed E-state index contributed by atoms with van der Waals surface area (Å²) >= 11 is 0. The highest BCUT2D eigenvalue weighted by atomic mass is 14.9. The van der Waals surface area contributed by atoms with E-state index in [4.69, 9.17) is 29.9 Å². The zero-order valence-electron chi connectivity index (χ0n) is 73.9. The number of aromatic nitrogens is 8. The van der Waals surface area contributed by atoms with E-state index in [0.29, 0.717) is 5.82 Å². The summed E-state index contributed by atoms with van der Waals surface area (Å²) in [7, 11) is 0. The van der Waals surface area contributed by atoms with Crippen LogP contribution in [0.4, 0.5) is 0 Å². The molecule has 0 aliphatic heterocycles. The average molecular weight is 1730 g/mol. The van der Waals surface area contributed by atoms with Gasteiger partial charge in [-0.25, -0.2) is 29.9 Å². The number of rotatable bonds is 13. The van der Waals surface area contributed by atoms with Crippen LogP contribution in [0.1, 0.15) is 0 Å². The summed E-state index contributed by atoms with van der Waals surface area (Å²) in [6.07, 6.45) is 3.68. The molecule has 8 heteroatoms. The van der Waals surface area contributed by atoms with Crippen molar-refractivity contribution >= 4 is 109 Å². The van der Waals surface area contributed by atoms with E-state index in [9.17, 15) is 0 Å². The van der Waals surface area contributed by atoms with Gasteiger partial charge in [-0.05, 0) is 189 Å². The van der Waals surface area contributed by atoms with E-state index in [2.05, 4.69) is 429 Å². The predicted octanol–water partition coefficient (Wildman–Crippen LogP) is 33.4. The van der Waals surface area contributed by atoms with Gasteiger partial charge in [0.25, 0.3) is 0 Å². The molecule has 0 fully saturated rings. The fraction of sp³-hybridized carbons (Fsp3) is 0. The van der Waals surface area contributed by atoms with Crippen molar-refractivity contribution in [2.45, 2.75) is 0 Å². The lowest BCUT2D eigenvalue weighted by atomic mass is 9.90.